The van der Waals surface area contributed by atoms with Gasteiger partial charge in [0.05, 0.1) is 11.6 Å². The number of benzene rings is 2. The minimum atomic E-state index is 0.590. The van der Waals surface area contributed by atoms with Gasteiger partial charge in [0.1, 0.15) is 5.76 Å². The third-order valence-electron chi connectivity index (χ3n) is 3.33. The van der Waals surface area contributed by atoms with E-state index in [1.54, 1.807) is 17.8 Å². The van der Waals surface area contributed by atoms with Crippen LogP contribution in [0.4, 0.5) is 0 Å². The summed E-state index contributed by atoms with van der Waals surface area (Å²) in [4.78, 5) is 1.13. The number of hydrogen-bond donors (Lipinski definition) is 0. The van der Waals surface area contributed by atoms with Crippen LogP contribution >= 0.6 is 11.8 Å². The van der Waals surface area contributed by atoms with Crippen LogP contribution in [0.15, 0.2) is 81.1 Å². The second-order valence-corrected chi connectivity index (χ2v) is 6.19. The summed E-state index contributed by atoms with van der Waals surface area (Å²) >= 11 is 1.57. The third kappa shape index (κ3) is 3.94. The molecule has 0 aliphatic carbocycles. The van der Waals surface area contributed by atoms with Crippen molar-refractivity contribution >= 4 is 23.4 Å². The first-order valence-corrected chi connectivity index (χ1v) is 8.08. The Hall–Kier alpha value is -2.70. The second-order valence-electron chi connectivity index (χ2n) is 5.11. The molecule has 0 amide bonds. The Kier molecular flexibility index (Phi) is 4.65. The van der Waals surface area contributed by atoms with E-state index in [0.29, 0.717) is 11.3 Å². The average Bonchev–Trinajstić information content (AvgIpc) is 3.03. The molecule has 0 atom stereocenters. The van der Waals surface area contributed by atoms with Crippen molar-refractivity contribution in [2.45, 2.75) is 16.9 Å². The molecule has 3 aromatic rings. The molecule has 0 bridgehead atoms. The summed E-state index contributed by atoms with van der Waals surface area (Å²) in [7, 11) is 0. The van der Waals surface area contributed by atoms with E-state index in [1.807, 2.05) is 42.5 Å². The lowest BCUT2D eigenvalue weighted by molar-refractivity contribution is 0.466. The lowest BCUT2D eigenvalue weighted by atomic mass is 10.1. The fraction of sp³-hybridized carbons (Fsp3) is 0.0500. The summed E-state index contributed by atoms with van der Waals surface area (Å²) < 4.78 is 5.81. The smallest absolute Gasteiger partial charge is 0.165 e. The van der Waals surface area contributed by atoms with Gasteiger partial charge in [-0.05, 0) is 42.8 Å². The van der Waals surface area contributed by atoms with E-state index in [0.717, 1.165) is 15.6 Å². The van der Waals surface area contributed by atoms with Crippen LogP contribution in [0.1, 0.15) is 16.9 Å². The predicted octanol–water partition coefficient (Wildman–Crippen LogP) is 5.80. The highest BCUT2D eigenvalue weighted by Crippen LogP contribution is 2.30. The number of nitrogens with zero attached hydrogens (tertiary/aromatic N) is 1. The van der Waals surface area contributed by atoms with Crippen LogP contribution < -0.4 is 0 Å². The molecule has 1 aromatic heterocycles. The molecule has 0 unspecified atom stereocenters. The largest absolute Gasteiger partial charge is 0.450 e. The van der Waals surface area contributed by atoms with Crippen molar-refractivity contribution in [1.82, 2.24) is 0 Å². The molecule has 112 valence electrons. The zero-order chi connectivity index (χ0) is 16.1. The molecule has 2 aromatic carbocycles. The Labute approximate surface area is 140 Å². The fourth-order valence-corrected chi connectivity index (χ4v) is 2.91. The quantitative estimate of drug-likeness (QED) is 0.570. The summed E-state index contributed by atoms with van der Waals surface area (Å²) in [5.41, 5.74) is 2.71. The molecule has 0 aliphatic rings. The predicted molar refractivity (Wildman–Crippen MR) is 93.9 cm³/mol. The van der Waals surface area contributed by atoms with Crippen molar-refractivity contribution in [3.8, 4) is 6.07 Å². The monoisotopic (exact) mass is 317 g/mol. The van der Waals surface area contributed by atoms with E-state index >= 15 is 0 Å². The van der Waals surface area contributed by atoms with Crippen LogP contribution in [0.5, 0.6) is 0 Å². The van der Waals surface area contributed by atoms with Crippen LogP contribution in [0.25, 0.3) is 11.6 Å². The van der Waals surface area contributed by atoms with Crippen molar-refractivity contribution in [1.29, 1.82) is 5.26 Å². The van der Waals surface area contributed by atoms with Gasteiger partial charge in [-0.1, -0.05) is 59.8 Å². The molecular formula is C20H15NOS. The van der Waals surface area contributed by atoms with E-state index in [2.05, 4.69) is 37.3 Å². The minimum Gasteiger partial charge on any atom is -0.450 e. The zero-order valence-corrected chi connectivity index (χ0v) is 13.5. The lowest BCUT2D eigenvalue weighted by Gasteiger charge is -1.99. The number of furan rings is 1. The summed E-state index contributed by atoms with van der Waals surface area (Å²) in [6.45, 7) is 2.07. The van der Waals surface area contributed by atoms with Crippen LogP contribution in [0.2, 0.25) is 0 Å². The van der Waals surface area contributed by atoms with Gasteiger partial charge < -0.3 is 4.42 Å². The van der Waals surface area contributed by atoms with Crippen LogP contribution in [0, 0.1) is 18.3 Å². The maximum atomic E-state index is 9.34. The molecule has 3 heteroatoms. The Balaban J connectivity index is 1.80. The average molecular weight is 317 g/mol. The van der Waals surface area contributed by atoms with E-state index in [1.165, 1.54) is 5.56 Å². The maximum Gasteiger partial charge on any atom is 0.165 e. The van der Waals surface area contributed by atoms with Crippen LogP contribution in [0.3, 0.4) is 0 Å². The van der Waals surface area contributed by atoms with Gasteiger partial charge >= 0.3 is 0 Å². The lowest BCUT2D eigenvalue weighted by Crippen LogP contribution is -1.79. The number of nitriles is 1. The van der Waals surface area contributed by atoms with Crippen molar-refractivity contribution in [2.75, 3.05) is 0 Å². The number of allylic oxidation sites excluding steroid dienone is 1. The molecule has 0 fully saturated rings. The second kappa shape index (κ2) is 7.04. The van der Waals surface area contributed by atoms with Crippen molar-refractivity contribution in [2.24, 2.45) is 0 Å². The summed E-state index contributed by atoms with van der Waals surface area (Å²) in [6.07, 6.45) is 1.77. The molecule has 3 rings (SSSR count). The van der Waals surface area contributed by atoms with Gasteiger partial charge in [-0.3, -0.25) is 0 Å². The Morgan fingerprint density at radius 1 is 1.00 bits per heavy atom. The van der Waals surface area contributed by atoms with Gasteiger partial charge in [0.25, 0.3) is 0 Å². The molecule has 0 aliphatic heterocycles. The molecule has 1 heterocycles. The molecule has 0 saturated carbocycles. The van der Waals surface area contributed by atoms with E-state index < -0.39 is 0 Å². The van der Waals surface area contributed by atoms with Gasteiger partial charge in [-0.2, -0.15) is 5.26 Å². The topological polar surface area (TPSA) is 36.9 Å². The minimum absolute atomic E-state index is 0.590. The first kappa shape index (κ1) is 15.2. The SMILES string of the molecule is Cc1ccc(Sc2ccc(/C=C(\C#N)c3ccccc3)o2)cc1. The van der Waals surface area contributed by atoms with E-state index in [4.69, 9.17) is 4.42 Å². The standard InChI is InChI=1S/C20H15NOS/c1-15-7-10-19(11-8-15)23-20-12-9-18(22-20)13-17(14-21)16-5-3-2-4-6-16/h2-13H,1H3/b17-13+. The van der Waals surface area contributed by atoms with Crippen molar-refractivity contribution < 1.29 is 4.42 Å². The molecule has 0 N–H and O–H groups in total. The molecule has 0 spiro atoms. The van der Waals surface area contributed by atoms with Crippen molar-refractivity contribution in [3.63, 3.8) is 0 Å². The number of hydrogen-bond acceptors (Lipinski definition) is 3. The summed E-state index contributed by atoms with van der Waals surface area (Å²) in [5.74, 6) is 0.681. The fourth-order valence-electron chi connectivity index (χ4n) is 2.13. The summed E-state index contributed by atoms with van der Waals surface area (Å²) in [6, 6.07) is 23.9. The molecular weight excluding hydrogens is 302 g/mol. The first-order valence-electron chi connectivity index (χ1n) is 7.26. The van der Waals surface area contributed by atoms with Crippen LogP contribution in [-0.4, -0.2) is 0 Å². The van der Waals surface area contributed by atoms with E-state index in [-0.39, 0.29) is 0 Å². The van der Waals surface area contributed by atoms with Crippen LogP contribution in [-0.2, 0) is 0 Å². The molecule has 0 radical (unpaired) electrons. The maximum absolute atomic E-state index is 9.34. The third-order valence-corrected chi connectivity index (χ3v) is 4.26. The van der Waals surface area contributed by atoms with Gasteiger partial charge in [0, 0.05) is 4.90 Å². The first-order chi connectivity index (χ1) is 11.2. The van der Waals surface area contributed by atoms with Gasteiger partial charge in [-0.25, -0.2) is 0 Å². The highest BCUT2D eigenvalue weighted by molar-refractivity contribution is 7.99. The van der Waals surface area contributed by atoms with E-state index in [9.17, 15) is 5.26 Å². The Morgan fingerprint density at radius 3 is 2.43 bits per heavy atom. The highest BCUT2D eigenvalue weighted by atomic mass is 32.2. The highest BCUT2D eigenvalue weighted by Gasteiger charge is 2.05. The van der Waals surface area contributed by atoms with Crippen molar-refractivity contribution in [3.05, 3.63) is 83.6 Å². The summed E-state index contributed by atoms with van der Waals surface area (Å²) in [5, 5.41) is 10.2. The number of aryl methyl sites for hydroxylation is 1. The zero-order valence-electron chi connectivity index (χ0n) is 12.7. The Bertz CT molecular complexity index is 855. The van der Waals surface area contributed by atoms with Gasteiger partial charge in [-0.15, -0.1) is 0 Å². The van der Waals surface area contributed by atoms with Gasteiger partial charge in [0.2, 0.25) is 0 Å². The molecule has 23 heavy (non-hydrogen) atoms. The molecule has 2 nitrogen and oxygen atoms in total. The normalized spacial score (nSPS) is 11.2. The van der Waals surface area contributed by atoms with Gasteiger partial charge in [0.15, 0.2) is 5.09 Å². The molecule has 0 saturated heterocycles. The Morgan fingerprint density at radius 2 is 1.74 bits per heavy atom. The number of rotatable bonds is 4.